The van der Waals surface area contributed by atoms with Crippen molar-refractivity contribution in [1.29, 1.82) is 0 Å². The van der Waals surface area contributed by atoms with Gasteiger partial charge in [-0.2, -0.15) is 0 Å². The van der Waals surface area contributed by atoms with Crippen molar-refractivity contribution in [3.8, 4) is 0 Å². The van der Waals surface area contributed by atoms with E-state index in [1.54, 1.807) is 0 Å². The Morgan fingerprint density at radius 3 is 2.45 bits per heavy atom. The minimum Gasteiger partial charge on any atom is -0.466 e. The normalized spacial score (nSPS) is 35.8. The molecule has 1 saturated heterocycles. The number of esters is 2. The molecule has 2 heterocycles. The molecule has 4 saturated carbocycles. The van der Waals surface area contributed by atoms with Crippen LogP contribution in [0.25, 0.3) is 0 Å². The van der Waals surface area contributed by atoms with Gasteiger partial charge >= 0.3 is 11.9 Å². The van der Waals surface area contributed by atoms with Crippen LogP contribution in [-0.2, 0) is 14.3 Å². The van der Waals surface area contributed by atoms with Gasteiger partial charge in [0.25, 0.3) is 0 Å². The number of cyclic esters (lactones) is 2. The minimum atomic E-state index is -0.390. The molecule has 0 spiro atoms. The van der Waals surface area contributed by atoms with Crippen LogP contribution in [0.2, 0.25) is 0 Å². The van der Waals surface area contributed by atoms with Gasteiger partial charge in [-0.25, -0.2) is 4.79 Å². The van der Waals surface area contributed by atoms with E-state index in [1.807, 2.05) is 6.92 Å². The minimum absolute atomic E-state index is 0.164. The SMILES string of the molecule is Cc1cc(C(C=C2C3CC4CC(C3)C(=C3CC(=O)OC3=O)C2C4)C(C)C)c(C)o1. The lowest BCUT2D eigenvalue weighted by Gasteiger charge is -2.53. The maximum Gasteiger partial charge on any atom is 0.342 e. The van der Waals surface area contributed by atoms with Crippen molar-refractivity contribution < 1.29 is 18.7 Å². The molecule has 1 aromatic rings. The number of allylic oxidation sites excluding steroid dienone is 3. The molecule has 4 bridgehead atoms. The summed E-state index contributed by atoms with van der Waals surface area (Å²) in [4.78, 5) is 24.2. The van der Waals surface area contributed by atoms with Gasteiger partial charge in [0.2, 0.25) is 0 Å². The van der Waals surface area contributed by atoms with E-state index in [1.165, 1.54) is 29.6 Å². The summed E-state index contributed by atoms with van der Waals surface area (Å²) in [6.45, 7) is 8.60. The van der Waals surface area contributed by atoms with Crippen molar-refractivity contribution in [2.45, 2.75) is 65.7 Å². The van der Waals surface area contributed by atoms with Gasteiger partial charge in [0, 0.05) is 23.0 Å². The first-order valence-corrected chi connectivity index (χ1v) is 11.1. The number of aryl methyl sites for hydroxylation is 2. The standard InChI is InChI=1S/C25H30O4/c1-12(2)18(19-5-13(3)28-14(19)4)10-20-16-6-15-7-17(9-16)24(21(20)8-15)22-11-23(26)29-25(22)27/h5,10,12,15-18,21H,6-9,11H2,1-4H3. The van der Waals surface area contributed by atoms with Crippen LogP contribution in [0.4, 0.5) is 0 Å². The molecule has 1 aromatic heterocycles. The van der Waals surface area contributed by atoms with Crippen molar-refractivity contribution in [2.24, 2.45) is 29.6 Å². The number of hydrogen-bond acceptors (Lipinski definition) is 4. The summed E-state index contributed by atoms with van der Waals surface area (Å²) in [5, 5.41) is 0. The van der Waals surface area contributed by atoms with Gasteiger partial charge in [-0.1, -0.05) is 25.5 Å². The van der Waals surface area contributed by atoms with Crippen LogP contribution in [0.15, 0.2) is 33.3 Å². The smallest absolute Gasteiger partial charge is 0.342 e. The van der Waals surface area contributed by atoms with Crippen LogP contribution in [-0.4, -0.2) is 11.9 Å². The van der Waals surface area contributed by atoms with Crippen LogP contribution in [0, 0.1) is 43.4 Å². The fourth-order valence-electron chi connectivity index (χ4n) is 6.68. The van der Waals surface area contributed by atoms with Crippen molar-refractivity contribution in [3.63, 3.8) is 0 Å². The van der Waals surface area contributed by atoms with E-state index in [9.17, 15) is 9.59 Å². The Morgan fingerprint density at radius 1 is 1.07 bits per heavy atom. The predicted octanol–water partition coefficient (Wildman–Crippen LogP) is 5.40. The van der Waals surface area contributed by atoms with Crippen LogP contribution in [0.5, 0.6) is 0 Å². The van der Waals surface area contributed by atoms with Gasteiger partial charge < -0.3 is 9.15 Å². The zero-order valence-corrected chi connectivity index (χ0v) is 17.8. The predicted molar refractivity (Wildman–Crippen MR) is 109 cm³/mol. The number of ether oxygens (including phenoxy) is 1. The number of carbonyl (C=O) groups excluding carboxylic acids is 2. The molecule has 4 nitrogen and oxygen atoms in total. The first-order valence-electron chi connectivity index (χ1n) is 11.1. The molecule has 0 amide bonds. The summed E-state index contributed by atoms with van der Waals surface area (Å²) in [5.74, 6) is 4.10. The fraction of sp³-hybridized carbons (Fsp3) is 0.600. The molecule has 0 aromatic carbocycles. The monoisotopic (exact) mass is 394 g/mol. The average Bonchev–Trinajstić information content (AvgIpc) is 3.14. The summed E-state index contributed by atoms with van der Waals surface area (Å²) >= 11 is 0. The largest absolute Gasteiger partial charge is 0.466 e. The Morgan fingerprint density at radius 2 is 1.83 bits per heavy atom. The van der Waals surface area contributed by atoms with E-state index in [-0.39, 0.29) is 12.4 Å². The van der Waals surface area contributed by atoms with Crippen molar-refractivity contribution in [3.05, 3.63) is 45.9 Å². The third-order valence-corrected chi connectivity index (χ3v) is 7.71. The van der Waals surface area contributed by atoms with Gasteiger partial charge in [0.15, 0.2) is 0 Å². The van der Waals surface area contributed by atoms with Crippen molar-refractivity contribution in [1.82, 2.24) is 0 Å². The van der Waals surface area contributed by atoms with Crippen LogP contribution in [0.3, 0.4) is 0 Å². The second-order valence-electron chi connectivity index (χ2n) is 9.93. The Hall–Kier alpha value is -2.10. The second kappa shape index (κ2) is 6.72. The third-order valence-electron chi connectivity index (χ3n) is 7.71. The molecular formula is C25H30O4. The van der Waals surface area contributed by atoms with Crippen LogP contribution >= 0.6 is 0 Å². The van der Waals surface area contributed by atoms with E-state index in [0.717, 1.165) is 30.3 Å². The number of hydrogen-bond donors (Lipinski definition) is 0. The van der Waals surface area contributed by atoms with Gasteiger partial charge in [0.05, 0.1) is 6.42 Å². The molecule has 4 heteroatoms. The molecule has 1 aliphatic heterocycles. The maximum atomic E-state index is 12.4. The topological polar surface area (TPSA) is 56.5 Å². The van der Waals surface area contributed by atoms with E-state index >= 15 is 0 Å². The molecule has 29 heavy (non-hydrogen) atoms. The Balaban J connectivity index is 1.59. The number of furan rings is 1. The molecule has 5 atom stereocenters. The highest BCUT2D eigenvalue weighted by molar-refractivity contribution is 6.06. The first-order chi connectivity index (χ1) is 13.8. The highest BCUT2D eigenvalue weighted by atomic mass is 16.6. The molecule has 5 fully saturated rings. The highest BCUT2D eigenvalue weighted by Crippen LogP contribution is 2.60. The summed E-state index contributed by atoms with van der Waals surface area (Å²) in [7, 11) is 0. The molecular weight excluding hydrogens is 364 g/mol. The summed E-state index contributed by atoms with van der Waals surface area (Å²) in [6.07, 6.45) is 7.35. The molecule has 5 aliphatic rings. The molecule has 4 aliphatic carbocycles. The van der Waals surface area contributed by atoms with Crippen molar-refractivity contribution >= 4 is 11.9 Å². The summed E-state index contributed by atoms with van der Waals surface area (Å²) < 4.78 is 10.7. The van der Waals surface area contributed by atoms with Gasteiger partial charge in [-0.3, -0.25) is 4.79 Å². The van der Waals surface area contributed by atoms with Gasteiger partial charge in [-0.05, 0) is 74.8 Å². The average molecular weight is 395 g/mol. The lowest BCUT2D eigenvalue weighted by atomic mass is 9.51. The van der Waals surface area contributed by atoms with Gasteiger partial charge in [-0.15, -0.1) is 0 Å². The second-order valence-corrected chi connectivity index (χ2v) is 9.93. The molecule has 0 radical (unpaired) electrons. The quantitative estimate of drug-likeness (QED) is 0.298. The van der Waals surface area contributed by atoms with E-state index in [0.29, 0.717) is 35.2 Å². The van der Waals surface area contributed by atoms with E-state index < -0.39 is 5.97 Å². The van der Waals surface area contributed by atoms with Gasteiger partial charge in [0.1, 0.15) is 11.5 Å². The zero-order valence-electron chi connectivity index (χ0n) is 17.8. The summed E-state index contributed by atoms with van der Waals surface area (Å²) in [5.41, 5.74) is 4.69. The molecule has 0 N–H and O–H groups in total. The van der Waals surface area contributed by atoms with E-state index in [4.69, 9.17) is 9.15 Å². The Labute approximate surface area is 172 Å². The Bertz CT molecular complexity index is 944. The molecule has 154 valence electrons. The first kappa shape index (κ1) is 18.9. The Kier molecular flexibility index (Phi) is 4.38. The highest BCUT2D eigenvalue weighted by Gasteiger charge is 2.50. The molecule has 5 unspecified atom stereocenters. The molecule has 6 rings (SSSR count). The third kappa shape index (κ3) is 3.03. The van der Waals surface area contributed by atoms with Crippen molar-refractivity contribution in [2.75, 3.05) is 0 Å². The maximum absolute atomic E-state index is 12.4. The number of rotatable bonds is 3. The van der Waals surface area contributed by atoms with Crippen LogP contribution < -0.4 is 0 Å². The lowest BCUT2D eigenvalue weighted by molar-refractivity contribution is -0.151. The lowest BCUT2D eigenvalue weighted by Crippen LogP contribution is -2.43. The fourth-order valence-corrected chi connectivity index (χ4v) is 6.68. The van der Waals surface area contributed by atoms with E-state index in [2.05, 4.69) is 32.9 Å². The summed E-state index contributed by atoms with van der Waals surface area (Å²) in [6, 6.07) is 2.18. The number of carbonyl (C=O) groups is 2. The zero-order chi connectivity index (χ0) is 20.4. The van der Waals surface area contributed by atoms with Crippen LogP contribution in [0.1, 0.15) is 69.0 Å².